The number of amides is 1. The van der Waals surface area contributed by atoms with Crippen molar-refractivity contribution in [2.45, 2.75) is 150 Å². The van der Waals surface area contributed by atoms with Crippen molar-refractivity contribution in [2.24, 2.45) is 58.0 Å². The predicted molar refractivity (Wildman–Crippen MR) is 263 cm³/mol. The Hall–Kier alpha value is -5.74. The molecule has 6 saturated heterocycles. The first-order valence-electron chi connectivity index (χ1n) is 24.2. The molecule has 6 heterocycles. The quantitative estimate of drug-likeness (QED) is 0.0399. The molecule has 8 rings (SSSR count). The van der Waals surface area contributed by atoms with Crippen molar-refractivity contribution >= 4 is 93.8 Å². The van der Waals surface area contributed by atoms with E-state index in [4.69, 9.17) is 64.2 Å². The number of nitrogens with zero attached hydrogens (tertiary/aromatic N) is 3. The summed E-state index contributed by atoms with van der Waals surface area (Å²) in [5.74, 6) is -4.29. The third kappa shape index (κ3) is 15.7. The number of carboxylic acid groups (broad SMARTS) is 1. The number of alkyl halides is 2. The number of aliphatic hydroxyl groups is 3. The number of ether oxygens (including phenoxy) is 5. The van der Waals surface area contributed by atoms with E-state index < -0.39 is 71.3 Å². The van der Waals surface area contributed by atoms with Crippen LogP contribution in [0.5, 0.6) is 0 Å². The van der Waals surface area contributed by atoms with Crippen LogP contribution in [0.25, 0.3) is 5.53 Å². The molecule has 8 fully saturated rings. The Balaban J connectivity index is 0.000000453. The van der Waals surface area contributed by atoms with Crippen LogP contribution in [-0.2, 0) is 76.4 Å². The monoisotopic (exact) mass is 1120 g/mol. The summed E-state index contributed by atoms with van der Waals surface area (Å²) >= 11 is 9.53. The number of carboxylic acids is 1. The average Bonchev–Trinajstić information content (AvgIpc) is 3.80. The van der Waals surface area contributed by atoms with Gasteiger partial charge in [-0.25, -0.2) is 4.79 Å². The third-order valence-electron chi connectivity index (χ3n) is 13.6. The smallest absolute Gasteiger partial charge is 0.338 e. The number of Topliss-reactive ketones (excluding diaryl/α,β-unsaturated/α-hetero) is 4. The van der Waals surface area contributed by atoms with Gasteiger partial charge in [0.2, 0.25) is 17.2 Å². The summed E-state index contributed by atoms with van der Waals surface area (Å²) in [4.78, 5) is 123. The number of carbonyl (C=O) groups excluding carboxylic acids is 10. The lowest BCUT2D eigenvalue weighted by Gasteiger charge is -2.49. The molecule has 8 unspecified atom stereocenters. The van der Waals surface area contributed by atoms with E-state index in [9.17, 15) is 63.0 Å². The zero-order valence-electron chi connectivity index (χ0n) is 44.4. The fourth-order valence-electron chi connectivity index (χ4n) is 8.62. The molecule has 0 spiro atoms. The maximum atomic E-state index is 11.9. The first-order chi connectivity index (χ1) is 35.2. The third-order valence-corrected chi connectivity index (χ3v) is 13.6. The van der Waals surface area contributed by atoms with Crippen molar-refractivity contribution in [3.05, 3.63) is 5.53 Å². The second-order valence-corrected chi connectivity index (χ2v) is 20.8. The Labute approximate surface area is 449 Å². The van der Waals surface area contributed by atoms with E-state index in [2.05, 4.69) is 19.6 Å². The van der Waals surface area contributed by atoms with Gasteiger partial charge in [0, 0.05) is 46.0 Å². The molecule has 25 nitrogen and oxygen atoms in total. The Bertz CT molecular complexity index is 2280. The Kier molecular flexibility index (Phi) is 26.7. The van der Waals surface area contributed by atoms with Crippen LogP contribution in [0.4, 0.5) is 0 Å². The Morgan fingerprint density at radius 1 is 0.868 bits per heavy atom. The molecule has 2 aliphatic carbocycles. The van der Waals surface area contributed by atoms with Crippen LogP contribution in [-0.4, -0.2) is 163 Å². The molecule has 0 radical (unpaired) electrons. The number of cyclic esters (lactones) is 2. The van der Waals surface area contributed by atoms with Crippen LogP contribution < -0.4 is 11.1 Å². The molecule has 27 heteroatoms. The Morgan fingerprint density at radius 2 is 1.37 bits per heavy atom. The minimum atomic E-state index is -1.19. The zero-order chi connectivity index (χ0) is 59.0. The average molecular weight is 1120 g/mol. The molecule has 0 bridgehead atoms. The van der Waals surface area contributed by atoms with E-state index >= 15 is 0 Å². The summed E-state index contributed by atoms with van der Waals surface area (Å²) < 4.78 is 23.8. The van der Waals surface area contributed by atoms with Gasteiger partial charge in [0.15, 0.2) is 0 Å². The maximum absolute atomic E-state index is 11.9. The lowest BCUT2D eigenvalue weighted by molar-refractivity contribution is -0.233. The Morgan fingerprint density at radius 3 is 1.67 bits per heavy atom. The second-order valence-electron chi connectivity index (χ2n) is 20.0. The van der Waals surface area contributed by atoms with E-state index in [-0.39, 0.29) is 118 Å². The van der Waals surface area contributed by atoms with E-state index in [1.54, 1.807) is 47.6 Å². The molecular formula is C49H71Cl2N5O20. The van der Waals surface area contributed by atoms with Gasteiger partial charge in [0.1, 0.15) is 66.3 Å². The van der Waals surface area contributed by atoms with Crippen molar-refractivity contribution in [3.63, 3.8) is 0 Å². The standard InChI is InChI=1S/C12H18O4.C10H15NO4.C7H8N2O3.C7H8O3.C7H10O3.C3H7NO3.C2H3N.CH2Cl2/c1-6(2)8(14)12-5-7(13)11(3,4)9(12)16-10(12)15;1-4(2)6(12)10-7(15-9(10)14)5(3)8(13)11-10;1-4(9-8)6(10)2-5-3-12-7(5)11;1-3-5(8)2-4-6(3)10-7(4)9;1-2-6(8)3-5-4-10-7(5)9;4-2(1-5)3(6)7;1-2-3;2-1-3/h6,8-9,14H,5H2,1-4H3;4-7,12H,1-3H3,(H,11,13);5H,2-3H2,1H3;3-4,6H,2H2,1H3;5H,2-4H2,1H3;2,5H,1,4H2,(H,6,7);1H3;1H2/t8-,9?,12?;5-,6+,7?,10?;5-;;5-;;;/m011.1.../s1. The van der Waals surface area contributed by atoms with Gasteiger partial charge in [-0.2, -0.15) is 10.1 Å². The van der Waals surface area contributed by atoms with E-state index in [0.29, 0.717) is 32.5 Å². The number of hydrogen-bond acceptors (Lipinski definition) is 21. The van der Waals surface area contributed by atoms with E-state index in [1.807, 2.05) is 20.8 Å². The summed E-state index contributed by atoms with van der Waals surface area (Å²) in [6.07, 6.45) is -1.27. The number of halogens is 2. The van der Waals surface area contributed by atoms with Gasteiger partial charge >= 0.3 is 41.5 Å². The van der Waals surface area contributed by atoms with Crippen LogP contribution in [0.2, 0.25) is 0 Å². The number of rotatable bonds is 12. The minimum Gasteiger partial charge on any atom is -0.480 e. The van der Waals surface area contributed by atoms with Crippen LogP contribution >= 0.6 is 23.2 Å². The van der Waals surface area contributed by atoms with Crippen molar-refractivity contribution < 1.29 is 102 Å². The van der Waals surface area contributed by atoms with Gasteiger partial charge in [-0.15, -0.1) is 23.2 Å². The normalized spacial score (nSPS) is 29.7. The highest BCUT2D eigenvalue weighted by Crippen LogP contribution is 2.58. The lowest BCUT2D eigenvalue weighted by atomic mass is 9.67. The topological polar surface area (TPSA) is 413 Å². The molecular weight excluding hydrogens is 1050 g/mol. The number of fused-ring (bicyclic) bond motifs is 3. The molecule has 426 valence electrons. The molecule has 0 aromatic carbocycles. The van der Waals surface area contributed by atoms with E-state index in [1.165, 1.54) is 13.8 Å². The van der Waals surface area contributed by atoms with Crippen molar-refractivity contribution in [3.8, 4) is 6.07 Å². The maximum Gasteiger partial charge on any atom is 0.338 e. The fraction of sp³-hybridized carbons (Fsp3) is 0.735. The summed E-state index contributed by atoms with van der Waals surface area (Å²) in [6.45, 7) is 19.2. The van der Waals surface area contributed by atoms with E-state index in [0.717, 1.165) is 0 Å². The highest BCUT2D eigenvalue weighted by atomic mass is 35.5. The summed E-state index contributed by atoms with van der Waals surface area (Å²) in [5, 5.41) is 46.2. The molecule has 0 aromatic rings. The highest BCUT2D eigenvalue weighted by molar-refractivity contribution is 6.40. The molecule has 8 aliphatic rings. The number of hydrogen-bond donors (Lipinski definition) is 6. The highest BCUT2D eigenvalue weighted by Gasteiger charge is 2.74. The second kappa shape index (κ2) is 29.7. The number of aliphatic hydroxyl groups excluding tert-OH is 3. The molecule has 2 saturated carbocycles. The number of ketones is 4. The first kappa shape index (κ1) is 68.3. The first-order valence-corrected chi connectivity index (χ1v) is 25.3. The molecule has 76 heavy (non-hydrogen) atoms. The number of nitrogens with two attached hydrogens (primary N) is 1. The predicted octanol–water partition coefficient (Wildman–Crippen LogP) is 1.16. The fourth-order valence-corrected chi connectivity index (χ4v) is 8.62. The van der Waals surface area contributed by atoms with Gasteiger partial charge in [0.25, 0.3) is 0 Å². The lowest BCUT2D eigenvalue weighted by Crippen LogP contribution is -2.73. The SMILES string of the molecule is CC#N.CC(=[N+]=[N-])C(=O)C[C@@H]1COC1=O.CC(C)[C@H](O)C12CC(=O)C(C)(C)C1OC2=O.CC(C)[C@H](O)C12NC(=O)[C@H](C)C1OC2=O.CC1C(=O)CC2C(=O)OC12.CCC(=O)C[C@@H]1COC1=O.ClCCl.NC(CO)C(=O)O. The van der Waals surface area contributed by atoms with Gasteiger partial charge in [-0.05, 0) is 32.6 Å². The summed E-state index contributed by atoms with van der Waals surface area (Å²) in [7, 11) is 0. The van der Waals surface area contributed by atoms with Gasteiger partial charge in [0.05, 0.1) is 59.3 Å². The van der Waals surface area contributed by atoms with Crippen LogP contribution in [0.3, 0.4) is 0 Å². The van der Waals surface area contributed by atoms with Gasteiger partial charge < -0.3 is 60.7 Å². The number of esters is 5. The number of nitriles is 1. The minimum absolute atomic E-state index is 0.00282. The van der Waals surface area contributed by atoms with Crippen molar-refractivity contribution in [1.82, 2.24) is 5.32 Å². The molecule has 0 aromatic heterocycles. The molecule has 6 aliphatic heterocycles. The number of aliphatic carboxylic acids is 1. The molecule has 1 amide bonds. The molecule has 7 N–H and O–H groups in total. The van der Waals surface area contributed by atoms with Gasteiger partial charge in [-0.1, -0.05) is 41.5 Å². The number of carbonyl (C=O) groups is 11. The summed E-state index contributed by atoms with van der Waals surface area (Å²) in [5.41, 5.74) is 10.2. The van der Waals surface area contributed by atoms with Crippen LogP contribution in [0, 0.1) is 63.6 Å². The van der Waals surface area contributed by atoms with Crippen LogP contribution in [0.1, 0.15) is 108 Å². The van der Waals surface area contributed by atoms with Crippen LogP contribution in [0.15, 0.2) is 0 Å². The number of nitrogens with one attached hydrogen (secondary N) is 1. The van der Waals surface area contributed by atoms with Gasteiger partial charge in [-0.3, -0.25) is 47.9 Å². The molecule has 13 atom stereocenters. The van der Waals surface area contributed by atoms with Crippen molar-refractivity contribution in [2.75, 3.05) is 25.2 Å². The largest absolute Gasteiger partial charge is 0.480 e. The summed E-state index contributed by atoms with van der Waals surface area (Å²) in [6, 6.07) is 0.625. The van der Waals surface area contributed by atoms with Crippen molar-refractivity contribution in [1.29, 1.82) is 5.26 Å². The zero-order valence-corrected chi connectivity index (χ0v) is 45.9.